The van der Waals surface area contributed by atoms with Gasteiger partial charge in [-0.05, 0) is 32.9 Å². The summed E-state index contributed by atoms with van der Waals surface area (Å²) in [5.41, 5.74) is -0.526. The molecule has 0 unspecified atom stereocenters. The van der Waals surface area contributed by atoms with Gasteiger partial charge >= 0.3 is 11.1 Å². The molecule has 0 aliphatic rings. The topological polar surface area (TPSA) is 81.5 Å². The molecule has 1 aromatic heterocycles. The fourth-order valence-corrected chi connectivity index (χ4v) is 1.91. The van der Waals surface area contributed by atoms with Gasteiger partial charge in [0.1, 0.15) is 5.60 Å². The van der Waals surface area contributed by atoms with Crippen LogP contribution in [0.1, 0.15) is 25.6 Å². The second-order valence-corrected chi connectivity index (χ2v) is 5.81. The quantitative estimate of drug-likeness (QED) is 0.680. The van der Waals surface area contributed by atoms with E-state index in [1.165, 1.54) is 6.07 Å². The lowest BCUT2D eigenvalue weighted by Crippen LogP contribution is -2.32. The summed E-state index contributed by atoms with van der Waals surface area (Å²) in [5.74, 6) is 0. The van der Waals surface area contributed by atoms with Crippen LogP contribution in [0.2, 0.25) is 0 Å². The Hall–Kier alpha value is -1.89. The van der Waals surface area contributed by atoms with Gasteiger partial charge in [0.15, 0.2) is 0 Å². The van der Waals surface area contributed by atoms with Crippen LogP contribution >= 0.6 is 11.3 Å². The van der Waals surface area contributed by atoms with Gasteiger partial charge in [-0.3, -0.25) is 10.1 Å². The molecule has 0 saturated carbocycles. The standard InChI is InChI=1S/C12H16N2O4S/c1-12(2,3)18-11(15)13-8-4-5-9-6-7-10(19-9)14(16)17/h4-7H,8H2,1-3H3,(H,13,15). The Morgan fingerprint density at radius 1 is 1.53 bits per heavy atom. The van der Waals surface area contributed by atoms with Crippen molar-refractivity contribution in [3.63, 3.8) is 0 Å². The molecule has 0 spiro atoms. The van der Waals surface area contributed by atoms with Crippen molar-refractivity contribution in [2.24, 2.45) is 0 Å². The molecule has 0 saturated heterocycles. The van der Waals surface area contributed by atoms with Crippen molar-refractivity contribution < 1.29 is 14.5 Å². The van der Waals surface area contributed by atoms with Crippen LogP contribution in [0.3, 0.4) is 0 Å². The van der Waals surface area contributed by atoms with E-state index < -0.39 is 16.6 Å². The largest absolute Gasteiger partial charge is 0.444 e. The predicted octanol–water partition coefficient (Wildman–Crippen LogP) is 3.19. The van der Waals surface area contributed by atoms with Crippen LogP contribution in [0.25, 0.3) is 6.08 Å². The number of nitrogens with one attached hydrogen (secondary N) is 1. The van der Waals surface area contributed by atoms with Crippen LogP contribution in [-0.2, 0) is 4.74 Å². The molecular weight excluding hydrogens is 268 g/mol. The number of ether oxygens (including phenoxy) is 1. The summed E-state index contributed by atoms with van der Waals surface area (Å²) in [4.78, 5) is 22.1. The highest BCUT2D eigenvalue weighted by Crippen LogP contribution is 2.24. The van der Waals surface area contributed by atoms with E-state index in [-0.39, 0.29) is 5.00 Å². The molecule has 104 valence electrons. The number of carbonyl (C=O) groups excluding carboxylic acids is 1. The molecule has 0 fully saturated rings. The average Bonchev–Trinajstić information content (AvgIpc) is 2.70. The van der Waals surface area contributed by atoms with Gasteiger partial charge in [-0.2, -0.15) is 0 Å². The van der Waals surface area contributed by atoms with E-state index in [4.69, 9.17) is 4.74 Å². The molecular formula is C12H16N2O4S. The van der Waals surface area contributed by atoms with Crippen molar-refractivity contribution in [2.45, 2.75) is 26.4 Å². The fourth-order valence-electron chi connectivity index (χ4n) is 1.16. The number of rotatable bonds is 4. The predicted molar refractivity (Wildman–Crippen MR) is 74.2 cm³/mol. The Balaban J connectivity index is 2.38. The monoisotopic (exact) mass is 284 g/mol. The maximum absolute atomic E-state index is 11.3. The minimum atomic E-state index is -0.526. The molecule has 0 radical (unpaired) electrons. The Kier molecular flexibility index (Phi) is 5.05. The third kappa shape index (κ3) is 6.01. The van der Waals surface area contributed by atoms with E-state index in [1.807, 2.05) is 0 Å². The smallest absolute Gasteiger partial charge is 0.407 e. The first-order valence-electron chi connectivity index (χ1n) is 5.65. The highest BCUT2D eigenvalue weighted by molar-refractivity contribution is 7.16. The number of hydrogen-bond donors (Lipinski definition) is 1. The molecule has 0 bridgehead atoms. The van der Waals surface area contributed by atoms with Crippen molar-refractivity contribution in [3.05, 3.63) is 33.2 Å². The molecule has 1 aromatic rings. The van der Waals surface area contributed by atoms with Crippen molar-refractivity contribution in [1.82, 2.24) is 5.32 Å². The number of thiophene rings is 1. The first-order chi connectivity index (χ1) is 8.78. The molecule has 0 atom stereocenters. The lowest BCUT2D eigenvalue weighted by Gasteiger charge is -2.19. The third-order valence-electron chi connectivity index (χ3n) is 1.84. The summed E-state index contributed by atoms with van der Waals surface area (Å²) in [7, 11) is 0. The van der Waals surface area contributed by atoms with E-state index in [9.17, 15) is 14.9 Å². The van der Waals surface area contributed by atoms with Crippen LogP contribution in [0.5, 0.6) is 0 Å². The van der Waals surface area contributed by atoms with Crippen molar-refractivity contribution in [3.8, 4) is 0 Å². The number of hydrogen-bond acceptors (Lipinski definition) is 5. The summed E-state index contributed by atoms with van der Waals surface area (Å²) in [6.07, 6.45) is 2.93. The molecule has 0 aromatic carbocycles. The van der Waals surface area contributed by atoms with Crippen LogP contribution in [0.4, 0.5) is 9.80 Å². The van der Waals surface area contributed by atoms with Gasteiger partial charge in [0, 0.05) is 17.5 Å². The van der Waals surface area contributed by atoms with Gasteiger partial charge in [-0.1, -0.05) is 17.4 Å². The maximum atomic E-state index is 11.3. The number of nitro groups is 1. The lowest BCUT2D eigenvalue weighted by molar-refractivity contribution is -0.380. The average molecular weight is 284 g/mol. The molecule has 0 aliphatic carbocycles. The minimum Gasteiger partial charge on any atom is -0.444 e. The first-order valence-corrected chi connectivity index (χ1v) is 6.47. The summed E-state index contributed by atoms with van der Waals surface area (Å²) < 4.78 is 5.05. The van der Waals surface area contributed by atoms with Crippen molar-refractivity contribution in [1.29, 1.82) is 0 Å². The fraction of sp³-hybridized carbons (Fsp3) is 0.417. The van der Waals surface area contributed by atoms with Gasteiger partial charge in [0.25, 0.3) is 0 Å². The SMILES string of the molecule is CC(C)(C)OC(=O)NCC=Cc1ccc([N+](=O)[O-])s1. The molecule has 6 nitrogen and oxygen atoms in total. The summed E-state index contributed by atoms with van der Waals surface area (Å²) in [6, 6.07) is 3.11. The highest BCUT2D eigenvalue weighted by atomic mass is 32.1. The van der Waals surface area contributed by atoms with Gasteiger partial charge in [-0.15, -0.1) is 0 Å². The third-order valence-corrected chi connectivity index (χ3v) is 2.84. The minimum absolute atomic E-state index is 0.0970. The molecule has 1 rings (SSSR count). The zero-order valence-electron chi connectivity index (χ0n) is 11.0. The summed E-state index contributed by atoms with van der Waals surface area (Å²) >= 11 is 1.08. The van der Waals surface area contributed by atoms with E-state index in [0.29, 0.717) is 6.54 Å². The second kappa shape index (κ2) is 6.33. The lowest BCUT2D eigenvalue weighted by atomic mass is 10.2. The molecule has 1 N–H and O–H groups in total. The van der Waals surface area contributed by atoms with Crippen molar-refractivity contribution in [2.75, 3.05) is 6.54 Å². The van der Waals surface area contributed by atoms with E-state index >= 15 is 0 Å². The number of alkyl carbamates (subject to hydrolysis) is 1. The van der Waals surface area contributed by atoms with Crippen molar-refractivity contribution >= 4 is 28.5 Å². The van der Waals surface area contributed by atoms with E-state index in [0.717, 1.165) is 16.2 Å². The normalized spacial score (nSPS) is 11.5. The zero-order valence-corrected chi connectivity index (χ0v) is 11.8. The Labute approximate surface area is 115 Å². The van der Waals surface area contributed by atoms with Gasteiger partial charge in [-0.25, -0.2) is 4.79 Å². The Morgan fingerprint density at radius 3 is 2.74 bits per heavy atom. The van der Waals surface area contributed by atoms with Crippen LogP contribution in [-0.4, -0.2) is 23.2 Å². The Morgan fingerprint density at radius 2 is 2.21 bits per heavy atom. The summed E-state index contributed by atoms with van der Waals surface area (Å²) in [6.45, 7) is 5.66. The maximum Gasteiger partial charge on any atom is 0.407 e. The molecule has 1 heterocycles. The second-order valence-electron chi connectivity index (χ2n) is 4.72. The van der Waals surface area contributed by atoms with Gasteiger partial charge in [0.05, 0.1) is 4.92 Å². The number of amides is 1. The van der Waals surface area contributed by atoms with Gasteiger partial charge in [0.2, 0.25) is 0 Å². The number of nitrogens with zero attached hydrogens (tertiary/aromatic N) is 1. The molecule has 0 aliphatic heterocycles. The molecule has 19 heavy (non-hydrogen) atoms. The summed E-state index contributed by atoms with van der Waals surface area (Å²) in [5, 5.41) is 13.1. The zero-order chi connectivity index (χ0) is 14.5. The van der Waals surface area contributed by atoms with Crippen LogP contribution in [0.15, 0.2) is 18.2 Å². The highest BCUT2D eigenvalue weighted by Gasteiger charge is 2.15. The van der Waals surface area contributed by atoms with E-state index in [1.54, 1.807) is 39.0 Å². The van der Waals surface area contributed by atoms with Gasteiger partial charge < -0.3 is 10.1 Å². The van der Waals surface area contributed by atoms with Crippen LogP contribution < -0.4 is 5.32 Å². The number of carbonyl (C=O) groups is 1. The molecule has 7 heteroatoms. The Bertz CT molecular complexity index is 488. The first kappa shape index (κ1) is 15.2. The van der Waals surface area contributed by atoms with Crippen LogP contribution in [0, 0.1) is 10.1 Å². The molecule has 1 amide bonds. The van der Waals surface area contributed by atoms with E-state index in [2.05, 4.69) is 5.32 Å².